The molecule has 20 heavy (non-hydrogen) atoms. The first-order valence-corrected chi connectivity index (χ1v) is 6.92. The number of nitrogens with zero attached hydrogens (tertiary/aromatic N) is 2. The van der Waals surface area contributed by atoms with E-state index in [9.17, 15) is 4.79 Å². The summed E-state index contributed by atoms with van der Waals surface area (Å²) in [5, 5.41) is 0. The van der Waals surface area contributed by atoms with Crippen LogP contribution in [0.5, 0.6) is 0 Å². The summed E-state index contributed by atoms with van der Waals surface area (Å²) in [5.41, 5.74) is 1.36. The fourth-order valence-corrected chi connectivity index (χ4v) is 2.53. The van der Waals surface area contributed by atoms with Gasteiger partial charge in [0.15, 0.2) is 0 Å². The van der Waals surface area contributed by atoms with Gasteiger partial charge in [0, 0.05) is 5.56 Å². The summed E-state index contributed by atoms with van der Waals surface area (Å²) in [6, 6.07) is 10.5. The van der Waals surface area contributed by atoms with E-state index < -0.39 is 0 Å². The van der Waals surface area contributed by atoms with Crippen molar-refractivity contribution >= 4 is 6.09 Å². The fraction of sp³-hybridized carbons (Fsp3) is 0.533. The Hall–Kier alpha value is -1.26. The van der Waals surface area contributed by atoms with Gasteiger partial charge in [0.2, 0.25) is 0 Å². The topological polar surface area (TPSA) is 29.5 Å². The molecule has 0 unspecified atom stereocenters. The average Bonchev–Trinajstić information content (AvgIpc) is 2.40. The summed E-state index contributed by atoms with van der Waals surface area (Å²) in [4.78, 5) is 13.5. The lowest BCUT2D eigenvalue weighted by molar-refractivity contribution is -0.926. The van der Waals surface area contributed by atoms with E-state index in [1.165, 1.54) is 5.56 Å². The van der Waals surface area contributed by atoms with Crippen molar-refractivity contribution in [2.45, 2.75) is 13.5 Å². The van der Waals surface area contributed by atoms with Crippen LogP contribution < -0.4 is 12.4 Å². The fourth-order valence-electron chi connectivity index (χ4n) is 2.53. The molecule has 1 heterocycles. The number of halogens is 1. The number of likely N-dealkylation sites (N-methyl/N-ethyl adjacent to an activating group) is 1. The van der Waals surface area contributed by atoms with E-state index in [-0.39, 0.29) is 18.5 Å². The number of hydrogen-bond donors (Lipinski definition) is 0. The zero-order chi connectivity index (χ0) is 13.7. The highest BCUT2D eigenvalue weighted by Crippen LogP contribution is 2.16. The number of ether oxygens (including phenoxy) is 1. The van der Waals surface area contributed by atoms with Gasteiger partial charge in [-0.3, -0.25) is 4.90 Å². The van der Waals surface area contributed by atoms with E-state index in [1.807, 2.05) is 17.9 Å². The highest BCUT2D eigenvalue weighted by atomic mass is 35.5. The third-order valence-electron chi connectivity index (χ3n) is 3.75. The summed E-state index contributed by atoms with van der Waals surface area (Å²) in [6.45, 7) is 6.84. The minimum atomic E-state index is -0.173. The van der Waals surface area contributed by atoms with Crippen LogP contribution in [0.25, 0.3) is 0 Å². The van der Waals surface area contributed by atoms with Crippen LogP contribution in [-0.4, -0.2) is 55.3 Å². The van der Waals surface area contributed by atoms with Crippen molar-refractivity contribution in [2.24, 2.45) is 0 Å². The Bertz CT molecular complexity index is 417. The van der Waals surface area contributed by atoms with Gasteiger partial charge in [-0.25, -0.2) is 4.79 Å². The Kier molecular flexibility index (Phi) is 6.30. The second kappa shape index (κ2) is 7.50. The smallest absolute Gasteiger partial charge is 0.410 e. The molecule has 0 aromatic heterocycles. The van der Waals surface area contributed by atoms with E-state index in [2.05, 4.69) is 31.3 Å². The molecule has 1 aromatic carbocycles. The van der Waals surface area contributed by atoms with Crippen LogP contribution in [0, 0.1) is 0 Å². The first-order valence-electron chi connectivity index (χ1n) is 6.92. The van der Waals surface area contributed by atoms with Crippen LogP contribution in [0.4, 0.5) is 4.79 Å². The van der Waals surface area contributed by atoms with Gasteiger partial charge < -0.3 is 21.6 Å². The minimum Gasteiger partial charge on any atom is -1.00 e. The number of rotatable bonds is 3. The summed E-state index contributed by atoms with van der Waals surface area (Å²) < 4.78 is 6.03. The normalized spacial score (nSPS) is 17.2. The third-order valence-corrected chi connectivity index (χ3v) is 3.75. The van der Waals surface area contributed by atoms with Crippen LogP contribution in [0.15, 0.2) is 30.3 Å². The van der Waals surface area contributed by atoms with Crippen molar-refractivity contribution < 1.29 is 26.4 Å². The van der Waals surface area contributed by atoms with Crippen LogP contribution in [0.1, 0.15) is 12.5 Å². The molecule has 1 fully saturated rings. The number of benzene rings is 1. The molecule has 4 nitrogen and oxygen atoms in total. The Morgan fingerprint density at radius 1 is 1.25 bits per heavy atom. The van der Waals surface area contributed by atoms with Crippen molar-refractivity contribution in [2.75, 3.05) is 39.8 Å². The molecule has 0 bridgehead atoms. The largest absolute Gasteiger partial charge is 1.00 e. The summed E-state index contributed by atoms with van der Waals surface area (Å²) in [5.74, 6) is 0. The van der Waals surface area contributed by atoms with Gasteiger partial charge in [0.1, 0.15) is 6.54 Å². The first-order chi connectivity index (χ1) is 9.13. The number of carbonyl (C=O) groups excluding carboxylic acids is 1. The van der Waals surface area contributed by atoms with Crippen molar-refractivity contribution in [1.82, 2.24) is 4.90 Å². The van der Waals surface area contributed by atoms with Gasteiger partial charge in [0.05, 0.1) is 39.8 Å². The highest BCUT2D eigenvalue weighted by Gasteiger charge is 2.31. The van der Waals surface area contributed by atoms with Crippen molar-refractivity contribution in [1.29, 1.82) is 0 Å². The van der Waals surface area contributed by atoms with Gasteiger partial charge in [-0.2, -0.15) is 0 Å². The molecule has 0 spiro atoms. The summed E-state index contributed by atoms with van der Waals surface area (Å²) in [7, 11) is 2.26. The lowest BCUT2D eigenvalue weighted by Crippen LogP contribution is -3.00. The Morgan fingerprint density at radius 2 is 1.85 bits per heavy atom. The molecule has 0 N–H and O–H groups in total. The van der Waals surface area contributed by atoms with Gasteiger partial charge in [-0.1, -0.05) is 30.3 Å². The zero-order valence-corrected chi connectivity index (χ0v) is 13.0. The summed E-state index contributed by atoms with van der Waals surface area (Å²) >= 11 is 0. The van der Waals surface area contributed by atoms with Crippen LogP contribution in [-0.2, 0) is 11.3 Å². The third kappa shape index (κ3) is 4.39. The van der Waals surface area contributed by atoms with Gasteiger partial charge in [-0.15, -0.1) is 0 Å². The van der Waals surface area contributed by atoms with Crippen molar-refractivity contribution in [3.05, 3.63) is 35.9 Å². The molecular formula is C15H23ClN2O2. The maximum Gasteiger partial charge on any atom is 0.410 e. The van der Waals surface area contributed by atoms with Crippen LogP contribution in [0.2, 0.25) is 0 Å². The number of carbonyl (C=O) groups is 1. The van der Waals surface area contributed by atoms with Crippen molar-refractivity contribution in [3.8, 4) is 0 Å². The zero-order valence-electron chi connectivity index (χ0n) is 12.2. The van der Waals surface area contributed by atoms with E-state index in [0.717, 1.165) is 37.2 Å². The Morgan fingerprint density at radius 3 is 2.40 bits per heavy atom. The lowest BCUT2D eigenvalue weighted by atomic mass is 10.1. The van der Waals surface area contributed by atoms with E-state index >= 15 is 0 Å². The molecule has 112 valence electrons. The Labute approximate surface area is 127 Å². The van der Waals surface area contributed by atoms with Crippen LogP contribution >= 0.6 is 0 Å². The SMILES string of the molecule is CCOC(=O)N1CC[N+](C)(Cc2ccccc2)CC1.[Cl-]. The Balaban J connectivity index is 0.00000200. The van der Waals surface area contributed by atoms with Gasteiger partial charge >= 0.3 is 6.09 Å². The van der Waals surface area contributed by atoms with Gasteiger partial charge in [0.25, 0.3) is 0 Å². The molecule has 1 aliphatic heterocycles. The molecular weight excluding hydrogens is 276 g/mol. The van der Waals surface area contributed by atoms with Gasteiger partial charge in [-0.05, 0) is 6.92 Å². The molecule has 0 aliphatic carbocycles. The molecule has 2 rings (SSSR count). The number of hydrogen-bond acceptors (Lipinski definition) is 2. The van der Waals surface area contributed by atoms with E-state index in [1.54, 1.807) is 0 Å². The number of quaternary nitrogens is 1. The van der Waals surface area contributed by atoms with Crippen molar-refractivity contribution in [3.63, 3.8) is 0 Å². The molecule has 0 atom stereocenters. The molecule has 0 radical (unpaired) electrons. The average molecular weight is 299 g/mol. The number of amides is 1. The molecule has 5 heteroatoms. The second-order valence-electron chi connectivity index (χ2n) is 5.40. The predicted octanol–water partition coefficient (Wildman–Crippen LogP) is -0.891. The molecule has 1 aromatic rings. The molecule has 1 amide bonds. The quantitative estimate of drug-likeness (QED) is 0.678. The van der Waals surface area contributed by atoms with Crippen LogP contribution in [0.3, 0.4) is 0 Å². The molecule has 0 saturated carbocycles. The second-order valence-corrected chi connectivity index (χ2v) is 5.40. The maximum atomic E-state index is 11.7. The van der Waals surface area contributed by atoms with E-state index in [4.69, 9.17) is 4.74 Å². The minimum absolute atomic E-state index is 0. The molecule has 1 saturated heterocycles. The van der Waals surface area contributed by atoms with E-state index in [0.29, 0.717) is 6.61 Å². The lowest BCUT2D eigenvalue weighted by Gasteiger charge is -2.41. The number of piperazine rings is 1. The molecule has 1 aliphatic rings. The highest BCUT2D eigenvalue weighted by molar-refractivity contribution is 5.67. The maximum absolute atomic E-state index is 11.7. The summed E-state index contributed by atoms with van der Waals surface area (Å²) in [6.07, 6.45) is -0.173. The monoisotopic (exact) mass is 298 g/mol. The standard InChI is InChI=1S/C15H23N2O2.ClH/c1-3-19-15(18)16-9-11-17(2,12-10-16)13-14-7-5-4-6-8-14;/h4-8H,3,9-13H2,1-2H3;1H/q+1;/p-1. The predicted molar refractivity (Wildman–Crippen MR) is 74.7 cm³/mol. The first kappa shape index (κ1) is 16.8.